The molecule has 0 aliphatic heterocycles. The molecule has 0 N–H and O–H groups in total. The molecule has 0 amide bonds. The largest absolute Gasteiger partial charge is 0.497 e. The predicted octanol–water partition coefficient (Wildman–Crippen LogP) is 2.82. The van der Waals surface area contributed by atoms with Crippen LogP contribution in [-0.4, -0.2) is 26.9 Å². The molecule has 0 spiro atoms. The number of aryl methyl sites for hydroxylation is 1. The summed E-state index contributed by atoms with van der Waals surface area (Å²) in [5.74, 6) is 0.717. The summed E-state index contributed by atoms with van der Waals surface area (Å²) in [6.07, 6.45) is 0. The Hall–Kier alpha value is -1.85. The van der Waals surface area contributed by atoms with E-state index < -0.39 is 10.0 Å². The van der Waals surface area contributed by atoms with E-state index in [9.17, 15) is 8.42 Å². The van der Waals surface area contributed by atoms with Gasteiger partial charge in [-0.25, -0.2) is 8.42 Å². The molecule has 0 atom stereocenters. The number of ether oxygens (including phenoxy) is 1. The second-order valence-corrected chi connectivity index (χ2v) is 6.89. The summed E-state index contributed by atoms with van der Waals surface area (Å²) in [5.41, 5.74) is 1.63. The van der Waals surface area contributed by atoms with Crippen molar-refractivity contribution in [3.8, 4) is 5.75 Å². The van der Waals surface area contributed by atoms with Gasteiger partial charge in [-0.2, -0.15) is 4.31 Å². The number of sulfonamides is 1. The van der Waals surface area contributed by atoms with Gasteiger partial charge in [0, 0.05) is 13.6 Å². The summed E-state index contributed by atoms with van der Waals surface area (Å²) in [5, 5.41) is 0. The molecule has 0 unspecified atom stereocenters. The first-order chi connectivity index (χ1) is 9.95. The third-order valence-corrected chi connectivity index (χ3v) is 5.28. The first-order valence-corrected chi connectivity index (χ1v) is 8.04. The molecule has 0 aliphatic rings. The standard InChI is InChI=1S/C16H19NO3S/c1-13-7-4-5-10-16(13)21(18,19)17(2)12-14-8-6-9-15(11-14)20-3/h4-11H,12H2,1-3H3. The van der Waals surface area contributed by atoms with E-state index >= 15 is 0 Å². The summed E-state index contributed by atoms with van der Waals surface area (Å²) in [6, 6.07) is 14.4. The van der Waals surface area contributed by atoms with Crippen LogP contribution in [0.3, 0.4) is 0 Å². The zero-order valence-electron chi connectivity index (χ0n) is 12.4. The SMILES string of the molecule is COc1cccc(CN(C)S(=O)(=O)c2ccccc2C)c1. The lowest BCUT2D eigenvalue weighted by atomic mass is 10.2. The summed E-state index contributed by atoms with van der Waals surface area (Å²) < 4.78 is 31.7. The van der Waals surface area contributed by atoms with Crippen LogP contribution in [0.4, 0.5) is 0 Å². The van der Waals surface area contributed by atoms with Gasteiger partial charge in [-0.1, -0.05) is 30.3 Å². The monoisotopic (exact) mass is 305 g/mol. The van der Waals surface area contributed by atoms with Gasteiger partial charge in [-0.3, -0.25) is 0 Å². The van der Waals surface area contributed by atoms with Crippen molar-refractivity contribution >= 4 is 10.0 Å². The van der Waals surface area contributed by atoms with E-state index in [0.29, 0.717) is 17.2 Å². The van der Waals surface area contributed by atoms with Crippen LogP contribution in [0.25, 0.3) is 0 Å². The van der Waals surface area contributed by atoms with Crippen molar-refractivity contribution in [3.05, 3.63) is 59.7 Å². The Bertz CT molecular complexity index is 726. The summed E-state index contributed by atoms with van der Waals surface area (Å²) in [4.78, 5) is 0.343. The number of nitrogens with zero attached hydrogens (tertiary/aromatic N) is 1. The second-order valence-electron chi connectivity index (χ2n) is 4.88. The van der Waals surface area contributed by atoms with Crippen molar-refractivity contribution in [2.24, 2.45) is 0 Å². The Morgan fingerprint density at radius 3 is 2.48 bits per heavy atom. The number of methoxy groups -OCH3 is 1. The van der Waals surface area contributed by atoms with E-state index in [1.807, 2.05) is 30.3 Å². The van der Waals surface area contributed by atoms with Crippen LogP contribution in [0.15, 0.2) is 53.4 Å². The third-order valence-electron chi connectivity index (χ3n) is 3.32. The number of hydrogen-bond acceptors (Lipinski definition) is 3. The van der Waals surface area contributed by atoms with Gasteiger partial charge in [0.1, 0.15) is 5.75 Å². The second kappa shape index (κ2) is 6.28. The van der Waals surface area contributed by atoms with E-state index in [0.717, 1.165) is 11.1 Å². The van der Waals surface area contributed by atoms with Crippen molar-refractivity contribution in [2.75, 3.05) is 14.2 Å². The minimum absolute atomic E-state index is 0.299. The molecule has 5 heteroatoms. The van der Waals surface area contributed by atoms with E-state index in [-0.39, 0.29) is 0 Å². The normalized spacial score (nSPS) is 11.6. The minimum Gasteiger partial charge on any atom is -0.497 e. The van der Waals surface area contributed by atoms with E-state index in [2.05, 4.69) is 0 Å². The summed E-state index contributed by atoms with van der Waals surface area (Å²) in [7, 11) is -0.320. The molecule has 112 valence electrons. The quantitative estimate of drug-likeness (QED) is 0.853. The Morgan fingerprint density at radius 1 is 1.10 bits per heavy atom. The molecule has 0 fully saturated rings. The van der Waals surface area contributed by atoms with E-state index in [1.165, 1.54) is 4.31 Å². The van der Waals surface area contributed by atoms with Gasteiger partial charge < -0.3 is 4.74 Å². The zero-order chi connectivity index (χ0) is 15.5. The van der Waals surface area contributed by atoms with Crippen molar-refractivity contribution in [1.29, 1.82) is 0 Å². The average Bonchev–Trinajstić information content (AvgIpc) is 2.47. The minimum atomic E-state index is -3.49. The Morgan fingerprint density at radius 2 is 1.81 bits per heavy atom. The van der Waals surface area contributed by atoms with Crippen molar-refractivity contribution in [2.45, 2.75) is 18.4 Å². The van der Waals surface area contributed by atoms with Crippen molar-refractivity contribution < 1.29 is 13.2 Å². The van der Waals surface area contributed by atoms with E-state index in [4.69, 9.17) is 4.74 Å². The lowest BCUT2D eigenvalue weighted by Gasteiger charge is -2.18. The fraction of sp³-hybridized carbons (Fsp3) is 0.250. The molecule has 21 heavy (non-hydrogen) atoms. The molecule has 2 aromatic carbocycles. The smallest absolute Gasteiger partial charge is 0.243 e. The van der Waals surface area contributed by atoms with Crippen LogP contribution in [-0.2, 0) is 16.6 Å². The highest BCUT2D eigenvalue weighted by molar-refractivity contribution is 7.89. The van der Waals surface area contributed by atoms with Crippen molar-refractivity contribution in [1.82, 2.24) is 4.31 Å². The molecule has 0 aromatic heterocycles. The fourth-order valence-corrected chi connectivity index (χ4v) is 3.51. The topological polar surface area (TPSA) is 46.6 Å². The summed E-state index contributed by atoms with van der Waals surface area (Å²) in [6.45, 7) is 2.10. The lowest BCUT2D eigenvalue weighted by Crippen LogP contribution is -2.27. The van der Waals surface area contributed by atoms with Gasteiger partial charge >= 0.3 is 0 Å². The molecule has 0 saturated carbocycles. The maximum atomic E-state index is 12.6. The van der Waals surface area contributed by atoms with Gasteiger partial charge in [-0.15, -0.1) is 0 Å². The lowest BCUT2D eigenvalue weighted by molar-refractivity contribution is 0.412. The first kappa shape index (κ1) is 15.5. The van der Waals surface area contributed by atoms with Crippen LogP contribution >= 0.6 is 0 Å². The Kier molecular flexibility index (Phi) is 4.65. The van der Waals surface area contributed by atoms with Gasteiger partial charge in [-0.05, 0) is 36.2 Å². The molecule has 2 rings (SSSR count). The van der Waals surface area contributed by atoms with Crippen LogP contribution in [0.1, 0.15) is 11.1 Å². The molecule has 0 saturated heterocycles. The van der Waals surface area contributed by atoms with Gasteiger partial charge in [0.25, 0.3) is 0 Å². The average molecular weight is 305 g/mol. The summed E-state index contributed by atoms with van der Waals surface area (Å²) >= 11 is 0. The van der Waals surface area contributed by atoms with Crippen molar-refractivity contribution in [3.63, 3.8) is 0 Å². The zero-order valence-corrected chi connectivity index (χ0v) is 13.2. The third kappa shape index (κ3) is 3.43. The van der Waals surface area contributed by atoms with E-state index in [1.54, 1.807) is 39.3 Å². The molecule has 2 aromatic rings. The molecule has 0 bridgehead atoms. The highest BCUT2D eigenvalue weighted by Gasteiger charge is 2.22. The Labute approximate surface area is 126 Å². The van der Waals surface area contributed by atoms with Crippen LogP contribution in [0.2, 0.25) is 0 Å². The number of rotatable bonds is 5. The first-order valence-electron chi connectivity index (χ1n) is 6.60. The molecule has 0 radical (unpaired) electrons. The highest BCUT2D eigenvalue weighted by atomic mass is 32.2. The predicted molar refractivity (Wildman–Crippen MR) is 82.8 cm³/mol. The van der Waals surface area contributed by atoms with Crippen LogP contribution in [0.5, 0.6) is 5.75 Å². The molecule has 4 nitrogen and oxygen atoms in total. The van der Waals surface area contributed by atoms with Crippen LogP contribution in [0, 0.1) is 6.92 Å². The maximum absolute atomic E-state index is 12.6. The Balaban J connectivity index is 2.27. The van der Waals surface area contributed by atoms with Gasteiger partial charge in [0.05, 0.1) is 12.0 Å². The number of hydrogen-bond donors (Lipinski definition) is 0. The number of benzene rings is 2. The van der Waals surface area contributed by atoms with Gasteiger partial charge in [0.2, 0.25) is 10.0 Å². The van der Waals surface area contributed by atoms with Crippen LogP contribution < -0.4 is 4.74 Å². The molecule has 0 aliphatic carbocycles. The van der Waals surface area contributed by atoms with Gasteiger partial charge in [0.15, 0.2) is 0 Å². The fourth-order valence-electron chi connectivity index (χ4n) is 2.13. The molecular weight excluding hydrogens is 286 g/mol. The highest BCUT2D eigenvalue weighted by Crippen LogP contribution is 2.21. The molecule has 0 heterocycles. The molecular formula is C16H19NO3S. The maximum Gasteiger partial charge on any atom is 0.243 e.